The van der Waals surface area contributed by atoms with Crippen molar-refractivity contribution >= 4 is 40.6 Å². The monoisotopic (exact) mass is 414 g/mol. The van der Waals surface area contributed by atoms with E-state index < -0.39 is 5.97 Å². The van der Waals surface area contributed by atoms with Gasteiger partial charge in [-0.15, -0.1) is 0 Å². The van der Waals surface area contributed by atoms with E-state index in [9.17, 15) is 14.7 Å². The fraction of sp³-hybridized carbons (Fsp3) is 0.150. The molecule has 3 rings (SSSR count). The molecule has 1 saturated heterocycles. The number of aromatic carboxylic acids is 1. The smallest absolute Gasteiger partial charge is 0.340 e. The Morgan fingerprint density at radius 2 is 1.79 bits per heavy atom. The molecule has 1 fully saturated rings. The van der Waals surface area contributed by atoms with Gasteiger partial charge >= 0.3 is 5.97 Å². The molecule has 1 aliphatic rings. The lowest BCUT2D eigenvalue weighted by atomic mass is 10.0. The van der Waals surface area contributed by atoms with Crippen LogP contribution >= 0.6 is 11.8 Å². The molecule has 0 aromatic heterocycles. The first-order valence-electron chi connectivity index (χ1n) is 8.38. The summed E-state index contributed by atoms with van der Waals surface area (Å²) in [5.41, 5.74) is 0.874. The van der Waals surface area contributed by atoms with Crippen LogP contribution in [-0.4, -0.2) is 43.5 Å². The van der Waals surface area contributed by atoms with Crippen molar-refractivity contribution in [2.75, 3.05) is 21.3 Å². The van der Waals surface area contributed by atoms with Crippen molar-refractivity contribution in [1.29, 1.82) is 0 Å². The van der Waals surface area contributed by atoms with Crippen molar-refractivity contribution in [3.8, 4) is 17.2 Å². The van der Waals surface area contributed by atoms with E-state index in [0.29, 0.717) is 27.1 Å². The predicted molar refractivity (Wildman–Crippen MR) is 110 cm³/mol. The number of ether oxygens (including phenoxy) is 3. The summed E-state index contributed by atoms with van der Waals surface area (Å²) in [6.45, 7) is 0. The molecular formula is C20H18N2O6S. The summed E-state index contributed by atoms with van der Waals surface area (Å²) < 4.78 is 15.5. The Balaban J connectivity index is 1.94. The fourth-order valence-corrected chi connectivity index (χ4v) is 3.51. The van der Waals surface area contributed by atoms with Gasteiger partial charge in [0.15, 0.2) is 16.7 Å². The maximum Gasteiger partial charge on any atom is 0.340 e. The van der Waals surface area contributed by atoms with E-state index >= 15 is 0 Å². The number of hydrogen-bond acceptors (Lipinski definition) is 7. The number of benzene rings is 2. The summed E-state index contributed by atoms with van der Waals surface area (Å²) in [6.07, 6.45) is 1.49. The van der Waals surface area contributed by atoms with E-state index in [2.05, 4.69) is 10.3 Å². The maximum atomic E-state index is 12.3. The third-order valence-corrected chi connectivity index (χ3v) is 4.94. The largest absolute Gasteiger partial charge is 0.497 e. The van der Waals surface area contributed by atoms with Crippen LogP contribution in [0.3, 0.4) is 0 Å². The molecule has 1 aliphatic heterocycles. The number of amides is 1. The number of amidine groups is 1. The number of carboxylic acid groups (broad SMARTS) is 1. The number of rotatable bonds is 6. The van der Waals surface area contributed by atoms with Crippen molar-refractivity contribution in [2.45, 2.75) is 0 Å². The highest BCUT2D eigenvalue weighted by Gasteiger charge is 2.26. The summed E-state index contributed by atoms with van der Waals surface area (Å²) in [5, 5.41) is 12.7. The molecule has 0 spiro atoms. The second-order valence-corrected chi connectivity index (χ2v) is 6.78. The van der Waals surface area contributed by atoms with Crippen LogP contribution in [-0.2, 0) is 4.79 Å². The topological polar surface area (TPSA) is 106 Å². The van der Waals surface area contributed by atoms with E-state index in [-0.39, 0.29) is 23.0 Å². The summed E-state index contributed by atoms with van der Waals surface area (Å²) in [5.74, 6) is -0.481. The predicted octanol–water partition coefficient (Wildman–Crippen LogP) is 3.30. The van der Waals surface area contributed by atoms with Crippen molar-refractivity contribution in [2.24, 2.45) is 4.99 Å². The number of methoxy groups -OCH3 is 3. The zero-order valence-corrected chi connectivity index (χ0v) is 16.7. The van der Waals surface area contributed by atoms with E-state index in [1.165, 1.54) is 20.3 Å². The Bertz CT molecular complexity index is 1010. The van der Waals surface area contributed by atoms with Gasteiger partial charge in [0.25, 0.3) is 5.91 Å². The van der Waals surface area contributed by atoms with Crippen LogP contribution in [0.4, 0.5) is 5.69 Å². The molecular weight excluding hydrogens is 396 g/mol. The van der Waals surface area contributed by atoms with E-state index in [0.717, 1.165) is 11.8 Å². The molecule has 1 amide bonds. The second kappa shape index (κ2) is 8.70. The SMILES string of the molecule is COc1ccc(N=C2NC(=O)/C(=C\c3ccc(OC)c(OC)c3C(=O)O)S2)cc1. The van der Waals surface area contributed by atoms with Gasteiger partial charge in [0, 0.05) is 0 Å². The fourth-order valence-electron chi connectivity index (χ4n) is 2.68. The Morgan fingerprint density at radius 3 is 2.38 bits per heavy atom. The van der Waals surface area contributed by atoms with E-state index in [1.807, 2.05) is 0 Å². The van der Waals surface area contributed by atoms with Gasteiger partial charge in [-0.1, -0.05) is 6.07 Å². The standard InChI is InChI=1S/C20H18N2O6S/c1-26-13-7-5-12(6-8-13)21-20-22-18(23)15(29-20)10-11-4-9-14(27-2)17(28-3)16(11)19(24)25/h4-10H,1-3H3,(H,24,25)(H,21,22,23)/b15-10+. The van der Waals surface area contributed by atoms with Gasteiger partial charge in [0.2, 0.25) is 0 Å². The molecule has 1 heterocycles. The zero-order chi connectivity index (χ0) is 21.0. The molecule has 0 atom stereocenters. The molecule has 0 bridgehead atoms. The summed E-state index contributed by atoms with van der Waals surface area (Å²) in [4.78, 5) is 28.8. The Hall–Kier alpha value is -3.46. The number of nitrogens with zero attached hydrogens (tertiary/aromatic N) is 1. The Morgan fingerprint density at radius 1 is 1.07 bits per heavy atom. The normalized spacial score (nSPS) is 16.0. The summed E-state index contributed by atoms with van der Waals surface area (Å²) in [6, 6.07) is 10.2. The molecule has 2 aromatic carbocycles. The first-order valence-corrected chi connectivity index (χ1v) is 9.20. The first-order chi connectivity index (χ1) is 14.0. The number of hydrogen-bond donors (Lipinski definition) is 2. The third-order valence-electron chi connectivity index (χ3n) is 4.03. The number of carbonyl (C=O) groups is 2. The molecule has 0 saturated carbocycles. The molecule has 150 valence electrons. The van der Waals surface area contributed by atoms with Gasteiger partial charge < -0.3 is 24.6 Å². The van der Waals surface area contributed by atoms with Gasteiger partial charge in [-0.25, -0.2) is 9.79 Å². The number of thioether (sulfide) groups is 1. The molecule has 0 unspecified atom stereocenters. The minimum atomic E-state index is -1.19. The molecule has 0 aliphatic carbocycles. The lowest BCUT2D eigenvalue weighted by Gasteiger charge is -2.12. The van der Waals surface area contributed by atoms with Gasteiger partial charge in [-0.2, -0.15) is 0 Å². The average molecular weight is 414 g/mol. The minimum absolute atomic E-state index is 0.0879. The van der Waals surface area contributed by atoms with E-state index in [1.54, 1.807) is 43.5 Å². The molecule has 2 N–H and O–H groups in total. The molecule has 29 heavy (non-hydrogen) atoms. The highest BCUT2D eigenvalue weighted by atomic mass is 32.2. The molecule has 8 nitrogen and oxygen atoms in total. The lowest BCUT2D eigenvalue weighted by Crippen LogP contribution is -2.19. The number of carbonyl (C=O) groups excluding carboxylic acids is 1. The Labute approximate surface area is 171 Å². The molecule has 9 heteroatoms. The quantitative estimate of drug-likeness (QED) is 0.699. The van der Waals surface area contributed by atoms with Crippen LogP contribution in [0, 0.1) is 0 Å². The van der Waals surface area contributed by atoms with Gasteiger partial charge in [-0.05, 0) is 53.7 Å². The molecule has 0 radical (unpaired) electrons. The third kappa shape index (κ3) is 4.35. The van der Waals surface area contributed by atoms with Crippen LogP contribution in [0.2, 0.25) is 0 Å². The van der Waals surface area contributed by atoms with Gasteiger partial charge in [-0.3, -0.25) is 4.79 Å². The van der Waals surface area contributed by atoms with Crippen molar-refractivity contribution in [1.82, 2.24) is 5.32 Å². The average Bonchev–Trinajstić information content (AvgIpc) is 3.06. The minimum Gasteiger partial charge on any atom is -0.497 e. The van der Waals surface area contributed by atoms with Crippen LogP contribution in [0.15, 0.2) is 46.3 Å². The maximum absolute atomic E-state index is 12.3. The lowest BCUT2D eigenvalue weighted by molar-refractivity contribution is -0.115. The summed E-state index contributed by atoms with van der Waals surface area (Å²) >= 11 is 1.12. The Kier molecular flexibility index (Phi) is 6.08. The van der Waals surface area contributed by atoms with Crippen molar-refractivity contribution in [3.63, 3.8) is 0 Å². The van der Waals surface area contributed by atoms with Crippen LogP contribution in [0.25, 0.3) is 6.08 Å². The number of nitrogens with one attached hydrogen (secondary N) is 1. The number of carboxylic acids is 1. The van der Waals surface area contributed by atoms with Gasteiger partial charge in [0.1, 0.15) is 11.3 Å². The van der Waals surface area contributed by atoms with Crippen molar-refractivity contribution in [3.05, 3.63) is 52.4 Å². The van der Waals surface area contributed by atoms with Crippen LogP contribution in [0.5, 0.6) is 17.2 Å². The first kappa shape index (κ1) is 20.3. The molecule has 2 aromatic rings. The highest BCUT2D eigenvalue weighted by Crippen LogP contribution is 2.36. The van der Waals surface area contributed by atoms with Crippen molar-refractivity contribution < 1.29 is 28.9 Å². The summed E-state index contributed by atoms with van der Waals surface area (Å²) in [7, 11) is 4.35. The second-order valence-electron chi connectivity index (χ2n) is 5.75. The highest BCUT2D eigenvalue weighted by molar-refractivity contribution is 8.18. The van der Waals surface area contributed by atoms with Crippen LogP contribution in [0.1, 0.15) is 15.9 Å². The van der Waals surface area contributed by atoms with Crippen LogP contribution < -0.4 is 19.5 Å². The zero-order valence-electron chi connectivity index (χ0n) is 15.9. The van der Waals surface area contributed by atoms with E-state index in [4.69, 9.17) is 14.2 Å². The number of aliphatic imine (C=N–C) groups is 1. The van der Waals surface area contributed by atoms with Gasteiger partial charge in [0.05, 0.1) is 31.9 Å².